The van der Waals surface area contributed by atoms with Crippen LogP contribution in [0, 0.1) is 23.7 Å². The van der Waals surface area contributed by atoms with Crippen LogP contribution in [0.3, 0.4) is 0 Å². The molecule has 0 aromatic heterocycles. The number of fused-ring (bicyclic) bond motifs is 2. The van der Waals surface area contributed by atoms with Crippen molar-refractivity contribution >= 4 is 35.3 Å². The standard InChI is InChI=1S/C9H16.C8H12S.C6H12OS.C6H10OS/c1-2-7-3-4-8-6-9(8)5-7;1-2-6-3-4-7-8(5-6)9-7;2*1-2-3-7-4-6-5-8-6/h7-9H,2-6H2,1H3;2,6-8H,1,3-5H2;6H,2-5H2,1H3;2,6H,1,3-5H2. The summed E-state index contributed by atoms with van der Waals surface area (Å²) in [7, 11) is 0. The second-order valence-electron chi connectivity index (χ2n) is 10.7. The maximum Gasteiger partial charge on any atom is 0.0645 e. The van der Waals surface area contributed by atoms with E-state index in [9.17, 15) is 0 Å². The Labute approximate surface area is 223 Å². The summed E-state index contributed by atoms with van der Waals surface area (Å²) in [5.74, 6) is 6.94. The van der Waals surface area contributed by atoms with E-state index in [1.165, 1.54) is 55.4 Å². The average Bonchev–Trinajstić information content (AvgIpc) is 3.71. The van der Waals surface area contributed by atoms with Crippen LogP contribution in [0.2, 0.25) is 0 Å². The Balaban J connectivity index is 0.000000127. The van der Waals surface area contributed by atoms with Crippen LogP contribution < -0.4 is 0 Å². The number of hydrogen-bond acceptors (Lipinski definition) is 5. The lowest BCUT2D eigenvalue weighted by molar-refractivity contribution is 0.142. The minimum Gasteiger partial charge on any atom is -0.380 e. The molecule has 0 bridgehead atoms. The molecule has 0 aromatic rings. The van der Waals surface area contributed by atoms with E-state index in [4.69, 9.17) is 9.47 Å². The van der Waals surface area contributed by atoms with E-state index in [-0.39, 0.29) is 0 Å². The lowest BCUT2D eigenvalue weighted by Crippen LogP contribution is -2.10. The summed E-state index contributed by atoms with van der Waals surface area (Å²) < 4.78 is 10.5. The molecule has 8 unspecified atom stereocenters. The Bertz CT molecular complexity index is 578. The fourth-order valence-electron chi connectivity index (χ4n) is 4.94. The Hall–Kier alpha value is 0.450. The maximum atomic E-state index is 5.29. The van der Waals surface area contributed by atoms with Gasteiger partial charge in [0.05, 0.1) is 19.8 Å². The van der Waals surface area contributed by atoms with Gasteiger partial charge in [-0.15, -0.1) is 13.2 Å². The summed E-state index contributed by atoms with van der Waals surface area (Å²) in [5, 5.41) is 3.74. The molecule has 8 atom stereocenters. The maximum absolute atomic E-state index is 5.29. The van der Waals surface area contributed by atoms with Gasteiger partial charge in [0.15, 0.2) is 0 Å². The van der Waals surface area contributed by atoms with E-state index in [0.29, 0.717) is 6.61 Å². The van der Waals surface area contributed by atoms with Crippen LogP contribution in [0.1, 0.15) is 71.6 Å². The highest BCUT2D eigenvalue weighted by Gasteiger charge is 2.42. The molecule has 3 aliphatic carbocycles. The normalized spacial score (nSPS) is 37.5. The number of ether oxygens (including phenoxy) is 2. The van der Waals surface area contributed by atoms with Crippen LogP contribution in [0.4, 0.5) is 0 Å². The van der Waals surface area contributed by atoms with E-state index >= 15 is 0 Å². The molecule has 6 aliphatic rings. The predicted molar refractivity (Wildman–Crippen MR) is 157 cm³/mol. The number of rotatable bonds is 10. The highest BCUT2D eigenvalue weighted by molar-refractivity contribution is 8.07. The zero-order valence-electron chi connectivity index (χ0n) is 21.8. The molecule has 0 amide bonds. The molecule has 6 fully saturated rings. The van der Waals surface area contributed by atoms with Crippen molar-refractivity contribution < 1.29 is 9.47 Å². The largest absolute Gasteiger partial charge is 0.380 e. The van der Waals surface area contributed by atoms with Crippen molar-refractivity contribution in [1.29, 1.82) is 0 Å². The molecule has 3 saturated carbocycles. The Morgan fingerprint density at radius 1 is 0.824 bits per heavy atom. The highest BCUT2D eigenvalue weighted by Crippen LogP contribution is 2.53. The van der Waals surface area contributed by atoms with Crippen molar-refractivity contribution in [3.8, 4) is 0 Å². The molecule has 0 spiro atoms. The topological polar surface area (TPSA) is 18.5 Å². The second kappa shape index (κ2) is 16.3. The Morgan fingerprint density at radius 3 is 2.12 bits per heavy atom. The number of hydrogen-bond donors (Lipinski definition) is 0. The first kappa shape index (κ1) is 29.0. The Kier molecular flexibility index (Phi) is 13.9. The fraction of sp³-hybridized carbons (Fsp3) is 0.862. The first-order chi connectivity index (χ1) is 16.7. The molecule has 0 radical (unpaired) electrons. The summed E-state index contributed by atoms with van der Waals surface area (Å²) in [5.41, 5.74) is 0. The zero-order chi connectivity index (χ0) is 24.2. The lowest BCUT2D eigenvalue weighted by atomic mass is 9.88. The van der Waals surface area contributed by atoms with Crippen LogP contribution in [-0.2, 0) is 9.47 Å². The molecule has 0 aromatic carbocycles. The summed E-state index contributed by atoms with van der Waals surface area (Å²) >= 11 is 6.12. The van der Waals surface area contributed by atoms with E-state index in [2.05, 4.69) is 44.8 Å². The first-order valence-corrected chi connectivity index (χ1v) is 17.0. The van der Waals surface area contributed by atoms with Gasteiger partial charge in [0, 0.05) is 39.1 Å². The molecule has 6 rings (SSSR count). The molecule has 3 heterocycles. The van der Waals surface area contributed by atoms with Crippen molar-refractivity contribution in [2.75, 3.05) is 37.9 Å². The molecule has 196 valence electrons. The van der Waals surface area contributed by atoms with Crippen molar-refractivity contribution in [3.05, 3.63) is 25.3 Å². The van der Waals surface area contributed by atoms with Gasteiger partial charge in [-0.05, 0) is 68.6 Å². The van der Waals surface area contributed by atoms with Gasteiger partial charge in [-0.1, -0.05) is 38.8 Å². The van der Waals surface area contributed by atoms with Gasteiger partial charge < -0.3 is 9.47 Å². The SMILES string of the molecule is C=CC1CCC2SC2C1.C=CCOCC1CS1.CCC1CCC2CC2C1.CCCOCC1CS1. The lowest BCUT2D eigenvalue weighted by Gasteiger charge is -2.18. The summed E-state index contributed by atoms with van der Waals surface area (Å²) in [6, 6.07) is 0. The zero-order valence-corrected chi connectivity index (χ0v) is 24.3. The number of allylic oxidation sites excluding steroid dienone is 1. The van der Waals surface area contributed by atoms with E-state index < -0.39 is 0 Å². The molecule has 3 aliphatic heterocycles. The van der Waals surface area contributed by atoms with E-state index in [1.54, 1.807) is 25.3 Å². The minimum absolute atomic E-state index is 0.705. The molecule has 34 heavy (non-hydrogen) atoms. The van der Waals surface area contributed by atoms with Gasteiger partial charge in [-0.2, -0.15) is 35.3 Å². The third-order valence-corrected chi connectivity index (χ3v) is 11.0. The predicted octanol–water partition coefficient (Wildman–Crippen LogP) is 8.12. The molecule has 5 heteroatoms. The number of thioether (sulfide) groups is 3. The van der Waals surface area contributed by atoms with Crippen LogP contribution >= 0.6 is 35.3 Å². The third kappa shape index (κ3) is 12.6. The van der Waals surface area contributed by atoms with Crippen LogP contribution in [0.15, 0.2) is 25.3 Å². The van der Waals surface area contributed by atoms with Crippen molar-refractivity contribution in [2.45, 2.75) is 92.6 Å². The quantitative estimate of drug-likeness (QED) is 0.162. The first-order valence-electron chi connectivity index (χ1n) is 13.9. The van der Waals surface area contributed by atoms with Gasteiger partial charge in [0.2, 0.25) is 0 Å². The van der Waals surface area contributed by atoms with E-state index in [0.717, 1.165) is 59.1 Å². The highest BCUT2D eigenvalue weighted by atomic mass is 32.2. The monoisotopic (exact) mass is 526 g/mol. The minimum atomic E-state index is 0.705. The Morgan fingerprint density at radius 2 is 1.56 bits per heavy atom. The van der Waals surface area contributed by atoms with Crippen molar-refractivity contribution in [1.82, 2.24) is 0 Å². The second-order valence-corrected chi connectivity index (χ2v) is 14.8. The molecule has 0 N–H and O–H groups in total. The van der Waals surface area contributed by atoms with Crippen LogP contribution in [0.25, 0.3) is 0 Å². The molecular weight excluding hydrogens is 477 g/mol. The smallest absolute Gasteiger partial charge is 0.0645 e. The van der Waals surface area contributed by atoms with Gasteiger partial charge in [-0.3, -0.25) is 0 Å². The summed E-state index contributed by atoms with van der Waals surface area (Å²) in [6.45, 7) is 15.4. The van der Waals surface area contributed by atoms with Crippen LogP contribution in [-0.4, -0.2) is 58.9 Å². The van der Waals surface area contributed by atoms with Gasteiger partial charge in [0.1, 0.15) is 0 Å². The van der Waals surface area contributed by atoms with Gasteiger partial charge in [0.25, 0.3) is 0 Å². The van der Waals surface area contributed by atoms with Crippen molar-refractivity contribution in [3.63, 3.8) is 0 Å². The van der Waals surface area contributed by atoms with Crippen LogP contribution in [0.5, 0.6) is 0 Å². The average molecular weight is 527 g/mol. The summed E-state index contributed by atoms with van der Waals surface area (Å²) in [6.07, 6.45) is 17.0. The van der Waals surface area contributed by atoms with Crippen molar-refractivity contribution in [2.24, 2.45) is 23.7 Å². The fourth-order valence-corrected chi connectivity index (χ4v) is 7.02. The third-order valence-electron chi connectivity index (χ3n) is 7.60. The van der Waals surface area contributed by atoms with E-state index in [1.807, 2.05) is 23.5 Å². The van der Waals surface area contributed by atoms with Gasteiger partial charge >= 0.3 is 0 Å². The van der Waals surface area contributed by atoms with Gasteiger partial charge in [-0.25, -0.2) is 0 Å². The molecule has 3 saturated heterocycles. The molecular formula is C29H50O2S3. The summed E-state index contributed by atoms with van der Waals surface area (Å²) in [4.78, 5) is 0. The molecule has 2 nitrogen and oxygen atoms in total.